The number of benzene rings is 1. The van der Waals surface area contributed by atoms with Crippen LogP contribution >= 0.6 is 0 Å². The number of non-ortho nitro benzene ring substituents is 1. The van der Waals surface area contributed by atoms with Crippen molar-refractivity contribution in [1.82, 2.24) is 5.32 Å². The predicted molar refractivity (Wildman–Crippen MR) is 113 cm³/mol. The van der Waals surface area contributed by atoms with Crippen molar-refractivity contribution in [3.8, 4) is 0 Å². The Morgan fingerprint density at radius 2 is 1.48 bits per heavy atom. The fourth-order valence-electron chi connectivity index (χ4n) is 2.40. The van der Waals surface area contributed by atoms with Crippen LogP contribution in [-0.2, 0) is 19.0 Å². The smallest absolute Gasteiger partial charge is 0.299 e. The van der Waals surface area contributed by atoms with Gasteiger partial charge in [-0.05, 0) is 18.9 Å². The van der Waals surface area contributed by atoms with Crippen molar-refractivity contribution in [2.75, 3.05) is 58.0 Å². The molecule has 0 saturated carbocycles. The van der Waals surface area contributed by atoms with Crippen LogP contribution in [0, 0.1) is 20.2 Å². The lowest BCUT2D eigenvalue weighted by molar-refractivity contribution is -0.393. The summed E-state index contributed by atoms with van der Waals surface area (Å²) in [5.41, 5.74) is -0.436. The number of hydrogen-bond acceptors (Lipinski definition) is 9. The topological polar surface area (TPSA) is 155 Å². The van der Waals surface area contributed by atoms with Crippen molar-refractivity contribution >= 4 is 23.0 Å². The molecule has 0 radical (unpaired) electrons. The van der Waals surface area contributed by atoms with E-state index < -0.39 is 9.85 Å². The van der Waals surface area contributed by atoms with E-state index >= 15 is 0 Å². The van der Waals surface area contributed by atoms with E-state index in [9.17, 15) is 25.0 Å². The highest BCUT2D eigenvalue weighted by Gasteiger charge is 2.18. The zero-order valence-electron chi connectivity index (χ0n) is 17.7. The highest BCUT2D eigenvalue weighted by molar-refractivity contribution is 5.75. The number of ether oxygens (including phenoxy) is 3. The van der Waals surface area contributed by atoms with Crippen LogP contribution in [0.5, 0.6) is 0 Å². The molecule has 1 aromatic carbocycles. The monoisotopic (exact) mass is 442 g/mol. The van der Waals surface area contributed by atoms with E-state index in [1.807, 2.05) is 0 Å². The fraction of sp³-hybridized carbons (Fsp3) is 0.632. The minimum atomic E-state index is -0.672. The maximum absolute atomic E-state index is 11.1. The zero-order chi connectivity index (χ0) is 22.9. The summed E-state index contributed by atoms with van der Waals surface area (Å²) < 4.78 is 16.2. The number of carbonyl (C=O) groups is 1. The summed E-state index contributed by atoms with van der Waals surface area (Å²) in [7, 11) is 0. The van der Waals surface area contributed by atoms with Crippen LogP contribution in [0.4, 0.5) is 17.1 Å². The first-order valence-corrected chi connectivity index (χ1v) is 10.1. The Morgan fingerprint density at radius 3 is 2.03 bits per heavy atom. The van der Waals surface area contributed by atoms with E-state index in [4.69, 9.17) is 14.2 Å². The van der Waals surface area contributed by atoms with E-state index in [0.717, 1.165) is 12.5 Å². The summed E-state index contributed by atoms with van der Waals surface area (Å²) in [6, 6.07) is 3.48. The van der Waals surface area contributed by atoms with Crippen LogP contribution in [0.15, 0.2) is 18.2 Å². The lowest BCUT2D eigenvalue weighted by Gasteiger charge is -2.08. The molecule has 1 rings (SSSR count). The summed E-state index contributed by atoms with van der Waals surface area (Å²) in [5.74, 6) is 0.0341. The Bertz CT molecular complexity index is 701. The molecule has 0 atom stereocenters. The van der Waals surface area contributed by atoms with E-state index in [2.05, 4.69) is 10.6 Å². The fourth-order valence-corrected chi connectivity index (χ4v) is 2.40. The average molecular weight is 442 g/mol. The zero-order valence-corrected chi connectivity index (χ0v) is 17.7. The molecule has 0 fully saturated rings. The van der Waals surface area contributed by atoms with Gasteiger partial charge in [-0.2, -0.15) is 0 Å². The molecule has 1 amide bonds. The quantitative estimate of drug-likeness (QED) is 0.198. The predicted octanol–water partition coefficient (Wildman–Crippen LogP) is 2.27. The maximum Gasteiger partial charge on any atom is 0.299 e. The number of amides is 1. The van der Waals surface area contributed by atoms with E-state index in [1.165, 1.54) is 12.1 Å². The average Bonchev–Trinajstić information content (AvgIpc) is 2.75. The van der Waals surface area contributed by atoms with Gasteiger partial charge in [0.25, 0.3) is 11.4 Å². The molecule has 31 heavy (non-hydrogen) atoms. The van der Waals surface area contributed by atoms with Crippen LogP contribution in [0.25, 0.3) is 0 Å². The Morgan fingerprint density at radius 1 is 0.903 bits per heavy atom. The minimum absolute atomic E-state index is 0.0341. The number of carbonyl (C=O) groups excluding carboxylic acids is 1. The first-order chi connectivity index (χ1) is 15.0. The third-order valence-electron chi connectivity index (χ3n) is 4.02. The molecule has 1 aromatic rings. The van der Waals surface area contributed by atoms with Gasteiger partial charge in [0, 0.05) is 38.8 Å². The van der Waals surface area contributed by atoms with Gasteiger partial charge in [0.2, 0.25) is 5.91 Å². The molecule has 0 saturated heterocycles. The van der Waals surface area contributed by atoms with Crippen molar-refractivity contribution < 1.29 is 28.9 Å². The third-order valence-corrected chi connectivity index (χ3v) is 4.02. The lowest BCUT2D eigenvalue weighted by Crippen LogP contribution is -2.24. The molecule has 0 spiro atoms. The molecule has 0 aliphatic carbocycles. The molecule has 0 aromatic heterocycles. The SMILES string of the molecule is CCC(=O)NCCCOCCOCCOCCCNc1ccc([N+](=O)[O-])cc1[N+](=O)[O-]. The van der Waals surface area contributed by atoms with Crippen molar-refractivity contribution in [1.29, 1.82) is 0 Å². The summed E-state index contributed by atoms with van der Waals surface area (Å²) in [5, 5.41) is 27.5. The number of rotatable bonds is 18. The summed E-state index contributed by atoms with van der Waals surface area (Å²) in [6.07, 6.45) is 1.84. The van der Waals surface area contributed by atoms with Crippen molar-refractivity contribution in [3.63, 3.8) is 0 Å². The van der Waals surface area contributed by atoms with E-state index in [1.54, 1.807) is 6.92 Å². The molecule has 0 unspecified atom stereocenters. The Hall–Kier alpha value is -2.83. The maximum atomic E-state index is 11.1. The largest absolute Gasteiger partial charge is 0.379 e. The Labute approximate surface area is 180 Å². The van der Waals surface area contributed by atoms with Gasteiger partial charge in [0.15, 0.2) is 0 Å². The van der Waals surface area contributed by atoms with Gasteiger partial charge in [-0.1, -0.05) is 6.92 Å². The van der Waals surface area contributed by atoms with Crippen LogP contribution in [0.1, 0.15) is 26.2 Å². The normalized spacial score (nSPS) is 10.6. The standard InChI is InChI=1S/C19H30N4O8/c1-2-19(24)21-8-4-10-30-12-14-31-13-11-29-9-3-7-20-17-6-5-16(22(25)26)15-18(17)23(27)28/h5-6,15,20H,2-4,7-14H2,1H3,(H,21,24). The number of hydrogen-bond donors (Lipinski definition) is 2. The minimum Gasteiger partial charge on any atom is -0.379 e. The Balaban J connectivity index is 2.00. The second-order valence-electron chi connectivity index (χ2n) is 6.39. The van der Waals surface area contributed by atoms with Crippen molar-refractivity contribution in [3.05, 3.63) is 38.4 Å². The molecule has 2 N–H and O–H groups in total. The van der Waals surface area contributed by atoms with Crippen LogP contribution < -0.4 is 10.6 Å². The Kier molecular flexibility index (Phi) is 13.5. The van der Waals surface area contributed by atoms with Gasteiger partial charge < -0.3 is 24.8 Å². The molecular weight excluding hydrogens is 412 g/mol. The lowest BCUT2D eigenvalue weighted by atomic mass is 10.2. The number of nitro groups is 2. The summed E-state index contributed by atoms with van der Waals surface area (Å²) >= 11 is 0. The summed E-state index contributed by atoms with van der Waals surface area (Å²) in [6.45, 7) is 5.61. The third kappa shape index (κ3) is 11.8. The molecule has 0 aliphatic rings. The summed E-state index contributed by atoms with van der Waals surface area (Å²) in [4.78, 5) is 31.5. The van der Waals surface area contributed by atoms with Gasteiger partial charge >= 0.3 is 0 Å². The first-order valence-electron chi connectivity index (χ1n) is 10.1. The highest BCUT2D eigenvalue weighted by atomic mass is 16.6. The van der Waals surface area contributed by atoms with Gasteiger partial charge in [-0.15, -0.1) is 0 Å². The van der Waals surface area contributed by atoms with Crippen molar-refractivity contribution in [2.24, 2.45) is 0 Å². The number of nitro benzene ring substituents is 2. The van der Waals surface area contributed by atoms with Gasteiger partial charge in [-0.25, -0.2) is 0 Å². The molecular formula is C19H30N4O8. The van der Waals surface area contributed by atoms with E-state index in [0.29, 0.717) is 65.6 Å². The van der Waals surface area contributed by atoms with Gasteiger partial charge in [-0.3, -0.25) is 25.0 Å². The molecule has 0 aliphatic heterocycles. The highest BCUT2D eigenvalue weighted by Crippen LogP contribution is 2.28. The first kappa shape index (κ1) is 26.2. The second kappa shape index (κ2) is 15.9. The van der Waals surface area contributed by atoms with Gasteiger partial charge in [0.1, 0.15) is 5.69 Å². The van der Waals surface area contributed by atoms with Gasteiger partial charge in [0.05, 0.1) is 42.3 Å². The number of anilines is 1. The molecule has 0 heterocycles. The van der Waals surface area contributed by atoms with Crippen LogP contribution in [0.3, 0.4) is 0 Å². The molecule has 174 valence electrons. The number of nitrogens with one attached hydrogen (secondary N) is 2. The van der Waals surface area contributed by atoms with Crippen LogP contribution in [0.2, 0.25) is 0 Å². The second-order valence-corrected chi connectivity index (χ2v) is 6.39. The van der Waals surface area contributed by atoms with Crippen molar-refractivity contribution in [2.45, 2.75) is 26.2 Å². The molecule has 12 nitrogen and oxygen atoms in total. The number of nitrogens with zero attached hydrogens (tertiary/aromatic N) is 2. The molecule has 0 bridgehead atoms. The molecule has 12 heteroatoms. The van der Waals surface area contributed by atoms with Crippen LogP contribution in [-0.4, -0.2) is 68.5 Å². The van der Waals surface area contributed by atoms with E-state index in [-0.39, 0.29) is 23.0 Å².